The van der Waals surface area contributed by atoms with E-state index in [1.54, 1.807) is 13.8 Å². The molecule has 0 amide bonds. The fraction of sp³-hybridized carbons (Fsp3) is 0.815. The maximum Gasteiger partial charge on any atom is 0.303 e. The lowest BCUT2D eigenvalue weighted by atomic mass is 9.42. The summed E-state index contributed by atoms with van der Waals surface area (Å²) in [6.07, 6.45) is -1.15. The molecule has 0 aromatic carbocycles. The lowest BCUT2D eigenvalue weighted by Crippen LogP contribution is -2.64. The first kappa shape index (κ1) is 25.5. The van der Waals surface area contributed by atoms with E-state index in [1.165, 1.54) is 0 Å². The quantitative estimate of drug-likeness (QED) is 0.490. The molecule has 190 valence electrons. The summed E-state index contributed by atoms with van der Waals surface area (Å²) in [7, 11) is 0. The molecule has 0 radical (unpaired) electrons. The fourth-order valence-corrected chi connectivity index (χ4v) is 8.67. The molecule has 0 saturated heterocycles. The molecular formula is C27H40O7. The summed E-state index contributed by atoms with van der Waals surface area (Å²) in [5.74, 6) is -2.18. The molecule has 0 aromatic rings. The molecule has 4 rings (SSSR count). The van der Waals surface area contributed by atoms with E-state index in [4.69, 9.17) is 5.11 Å². The summed E-state index contributed by atoms with van der Waals surface area (Å²) in [6, 6.07) is 0. The molecule has 0 heterocycles. The van der Waals surface area contributed by atoms with Crippen LogP contribution in [0.4, 0.5) is 0 Å². The average Bonchev–Trinajstić information content (AvgIpc) is 2.97. The van der Waals surface area contributed by atoms with Crippen molar-refractivity contribution in [1.29, 1.82) is 0 Å². The number of aliphatic carboxylic acids is 1. The number of carboxylic acid groups (broad SMARTS) is 1. The Morgan fingerprint density at radius 1 is 1.09 bits per heavy atom. The molecule has 4 aliphatic rings. The standard InChI is InChI=1S/C27H40O7/c1-13(7-8-19(31)32)14-11-18(30)27(6)20-15(28)12-16-24(2,3)17(29)9-10-25(16,4)21(20)22(33)23(34)26(14,27)5/h13-17,23,28-29,34H,7-12H2,1-6H3,(H,31,32)/t13-,14-,15+,16+,17+,23+,25+,26+,27+/m1/s1. The van der Waals surface area contributed by atoms with Gasteiger partial charge in [-0.2, -0.15) is 0 Å². The minimum atomic E-state index is -1.42. The monoisotopic (exact) mass is 476 g/mol. The van der Waals surface area contributed by atoms with Crippen molar-refractivity contribution in [2.45, 2.75) is 98.4 Å². The summed E-state index contributed by atoms with van der Waals surface area (Å²) < 4.78 is 0. The fourth-order valence-electron chi connectivity index (χ4n) is 8.67. The average molecular weight is 477 g/mol. The van der Waals surface area contributed by atoms with Crippen molar-refractivity contribution in [3.05, 3.63) is 11.1 Å². The van der Waals surface area contributed by atoms with Crippen LogP contribution in [0.3, 0.4) is 0 Å². The van der Waals surface area contributed by atoms with Crippen molar-refractivity contribution in [3.8, 4) is 0 Å². The minimum Gasteiger partial charge on any atom is -0.481 e. The van der Waals surface area contributed by atoms with Crippen LogP contribution in [0.5, 0.6) is 0 Å². The Morgan fingerprint density at radius 2 is 1.71 bits per heavy atom. The lowest BCUT2D eigenvalue weighted by molar-refractivity contribution is -0.159. The number of ketones is 2. The van der Waals surface area contributed by atoms with Gasteiger partial charge in [0.05, 0.1) is 17.6 Å². The van der Waals surface area contributed by atoms with E-state index in [9.17, 15) is 29.7 Å². The van der Waals surface area contributed by atoms with Gasteiger partial charge in [-0.1, -0.05) is 34.6 Å². The Kier molecular flexibility index (Phi) is 5.79. The first-order chi connectivity index (χ1) is 15.6. The Balaban J connectivity index is 1.90. The van der Waals surface area contributed by atoms with Crippen LogP contribution >= 0.6 is 0 Å². The molecule has 34 heavy (non-hydrogen) atoms. The van der Waals surface area contributed by atoms with Crippen molar-refractivity contribution in [2.75, 3.05) is 0 Å². The third-order valence-corrected chi connectivity index (χ3v) is 11.0. The van der Waals surface area contributed by atoms with E-state index < -0.39 is 51.7 Å². The minimum absolute atomic E-state index is 0.0452. The molecule has 0 aliphatic heterocycles. The van der Waals surface area contributed by atoms with Gasteiger partial charge in [0.15, 0.2) is 5.78 Å². The van der Waals surface area contributed by atoms with Gasteiger partial charge in [-0.05, 0) is 66.8 Å². The maximum absolute atomic E-state index is 14.0. The van der Waals surface area contributed by atoms with E-state index >= 15 is 0 Å². The van der Waals surface area contributed by atoms with Gasteiger partial charge in [-0.3, -0.25) is 14.4 Å². The number of aliphatic hydroxyl groups is 3. The number of carbonyl (C=O) groups excluding carboxylic acids is 2. The zero-order valence-electron chi connectivity index (χ0n) is 21.2. The molecule has 0 unspecified atom stereocenters. The number of rotatable bonds is 4. The molecule has 2 saturated carbocycles. The van der Waals surface area contributed by atoms with Crippen LogP contribution in [-0.2, 0) is 14.4 Å². The Hall–Kier alpha value is -1.57. The SMILES string of the molecule is C[C@H](CCC(=O)O)[C@H]1CC(=O)[C@@]2(C)C3=C(C(=O)[C@H](O)[C@]12C)[C@@]1(C)CC[C@H](O)C(C)(C)[C@@H]1C[C@@H]3O. The maximum atomic E-state index is 14.0. The van der Waals surface area contributed by atoms with Gasteiger partial charge in [-0.25, -0.2) is 0 Å². The largest absolute Gasteiger partial charge is 0.481 e. The predicted octanol–water partition coefficient (Wildman–Crippen LogP) is 2.90. The number of hydrogen-bond acceptors (Lipinski definition) is 6. The van der Waals surface area contributed by atoms with Crippen LogP contribution < -0.4 is 0 Å². The third kappa shape index (κ3) is 2.96. The highest BCUT2D eigenvalue weighted by Gasteiger charge is 2.73. The van der Waals surface area contributed by atoms with Gasteiger partial charge in [-0.15, -0.1) is 0 Å². The number of carboxylic acids is 1. The van der Waals surface area contributed by atoms with Gasteiger partial charge in [0, 0.05) is 23.8 Å². The topological polar surface area (TPSA) is 132 Å². The number of carbonyl (C=O) groups is 3. The van der Waals surface area contributed by atoms with Crippen molar-refractivity contribution < 1.29 is 34.8 Å². The number of aliphatic hydroxyl groups excluding tert-OH is 3. The Labute approximate surface area is 201 Å². The van der Waals surface area contributed by atoms with Crippen molar-refractivity contribution in [3.63, 3.8) is 0 Å². The zero-order chi connectivity index (χ0) is 25.6. The van der Waals surface area contributed by atoms with Crippen LogP contribution in [0.2, 0.25) is 0 Å². The number of fused-ring (bicyclic) bond motifs is 4. The molecule has 0 spiro atoms. The van der Waals surface area contributed by atoms with Crippen molar-refractivity contribution in [2.24, 2.45) is 39.4 Å². The second-order valence-corrected chi connectivity index (χ2v) is 12.7. The lowest BCUT2D eigenvalue weighted by Gasteiger charge is -2.62. The van der Waals surface area contributed by atoms with Crippen LogP contribution in [-0.4, -0.2) is 56.3 Å². The predicted molar refractivity (Wildman–Crippen MR) is 125 cm³/mol. The van der Waals surface area contributed by atoms with Gasteiger partial charge in [0.1, 0.15) is 11.9 Å². The van der Waals surface area contributed by atoms with Crippen molar-refractivity contribution in [1.82, 2.24) is 0 Å². The normalized spacial score (nSPS) is 46.6. The Bertz CT molecular complexity index is 966. The van der Waals surface area contributed by atoms with Gasteiger partial charge >= 0.3 is 5.97 Å². The van der Waals surface area contributed by atoms with E-state index in [-0.39, 0.29) is 36.4 Å². The summed E-state index contributed by atoms with van der Waals surface area (Å²) in [5.41, 5.74) is -2.68. The van der Waals surface area contributed by atoms with Crippen LogP contribution in [0.15, 0.2) is 11.1 Å². The van der Waals surface area contributed by atoms with E-state index in [0.717, 1.165) is 0 Å². The smallest absolute Gasteiger partial charge is 0.303 e. The van der Waals surface area contributed by atoms with E-state index in [0.29, 0.717) is 36.8 Å². The molecular weight excluding hydrogens is 436 g/mol. The number of Topliss-reactive ketones (excluding diaryl/α,β-unsaturated/α-hetero) is 2. The molecule has 9 atom stereocenters. The molecule has 4 N–H and O–H groups in total. The van der Waals surface area contributed by atoms with Crippen molar-refractivity contribution >= 4 is 17.5 Å². The molecule has 0 aromatic heterocycles. The summed E-state index contributed by atoms with van der Waals surface area (Å²) in [4.78, 5) is 38.9. The zero-order valence-corrected chi connectivity index (χ0v) is 21.2. The van der Waals surface area contributed by atoms with Crippen LogP contribution in [0.1, 0.15) is 80.1 Å². The summed E-state index contributed by atoms with van der Waals surface area (Å²) in [5, 5.41) is 43.0. The van der Waals surface area contributed by atoms with Crippen LogP contribution in [0, 0.1) is 39.4 Å². The van der Waals surface area contributed by atoms with E-state index in [2.05, 4.69) is 0 Å². The van der Waals surface area contributed by atoms with Gasteiger partial charge in [0.2, 0.25) is 0 Å². The van der Waals surface area contributed by atoms with E-state index in [1.807, 2.05) is 27.7 Å². The third-order valence-electron chi connectivity index (χ3n) is 11.0. The van der Waals surface area contributed by atoms with Gasteiger partial charge in [0.25, 0.3) is 0 Å². The second-order valence-electron chi connectivity index (χ2n) is 12.7. The molecule has 7 heteroatoms. The molecule has 0 bridgehead atoms. The van der Waals surface area contributed by atoms with Crippen LogP contribution in [0.25, 0.3) is 0 Å². The highest BCUT2D eigenvalue weighted by Crippen LogP contribution is 2.70. The highest BCUT2D eigenvalue weighted by atomic mass is 16.4. The summed E-state index contributed by atoms with van der Waals surface area (Å²) in [6.45, 7) is 11.4. The molecule has 4 aliphatic carbocycles. The summed E-state index contributed by atoms with van der Waals surface area (Å²) >= 11 is 0. The second kappa shape index (κ2) is 7.71. The highest BCUT2D eigenvalue weighted by molar-refractivity contribution is 6.07. The first-order valence-electron chi connectivity index (χ1n) is 12.6. The van der Waals surface area contributed by atoms with Gasteiger partial charge < -0.3 is 20.4 Å². The first-order valence-corrected chi connectivity index (χ1v) is 12.6. The molecule has 7 nitrogen and oxygen atoms in total. The Morgan fingerprint density at radius 3 is 2.29 bits per heavy atom. The molecule has 2 fully saturated rings. The number of hydrogen-bond donors (Lipinski definition) is 4.